The van der Waals surface area contributed by atoms with Crippen LogP contribution in [0.3, 0.4) is 0 Å². The topological polar surface area (TPSA) is 51.0 Å². The first-order valence-corrected chi connectivity index (χ1v) is 6.32. The van der Waals surface area contributed by atoms with E-state index in [4.69, 9.17) is 4.52 Å². The minimum absolute atomic E-state index is 0.0557. The Morgan fingerprint density at radius 2 is 2.10 bits per heavy atom. The molecule has 8 heteroatoms. The molecule has 1 aromatic carbocycles. The Hall–Kier alpha value is -1.96. The third kappa shape index (κ3) is 2.90. The molecule has 1 N–H and O–H groups in total. The van der Waals surface area contributed by atoms with Crippen LogP contribution in [0, 0.1) is 0 Å². The van der Waals surface area contributed by atoms with Gasteiger partial charge in [0.25, 0.3) is 0 Å². The van der Waals surface area contributed by atoms with Crippen molar-refractivity contribution in [3.63, 3.8) is 0 Å². The van der Waals surface area contributed by atoms with Gasteiger partial charge in [0.15, 0.2) is 0 Å². The van der Waals surface area contributed by atoms with Crippen molar-refractivity contribution in [3.8, 4) is 11.4 Å². The molecule has 1 aliphatic heterocycles. The van der Waals surface area contributed by atoms with E-state index in [1.807, 2.05) is 0 Å². The second-order valence-electron chi connectivity index (χ2n) is 4.83. The van der Waals surface area contributed by atoms with Crippen molar-refractivity contribution < 1.29 is 22.1 Å². The number of hydrogen-bond donors (Lipinski definition) is 1. The summed E-state index contributed by atoms with van der Waals surface area (Å²) in [5.74, 6) is 0.239. The minimum Gasteiger partial charge on any atom is -0.337 e. The Kier molecular flexibility index (Phi) is 3.40. The first-order valence-electron chi connectivity index (χ1n) is 6.32. The van der Waals surface area contributed by atoms with Crippen LogP contribution in [0.15, 0.2) is 28.8 Å². The summed E-state index contributed by atoms with van der Waals surface area (Å²) in [7, 11) is 0. The summed E-state index contributed by atoms with van der Waals surface area (Å²) in [4.78, 5) is 4.05. The zero-order chi connectivity index (χ0) is 15.0. The molecule has 2 heterocycles. The number of halogens is 4. The molecule has 0 amide bonds. The molecular weight excluding hydrogens is 290 g/mol. The van der Waals surface area contributed by atoms with E-state index in [1.54, 1.807) is 0 Å². The monoisotopic (exact) mass is 301 g/mol. The van der Waals surface area contributed by atoms with E-state index in [1.165, 1.54) is 12.1 Å². The molecular formula is C13H11F4N3O. The van der Waals surface area contributed by atoms with Crippen LogP contribution in [0.25, 0.3) is 11.4 Å². The van der Waals surface area contributed by atoms with Crippen LogP contribution < -0.4 is 5.32 Å². The van der Waals surface area contributed by atoms with Crippen LogP contribution in [0.5, 0.6) is 0 Å². The normalized spacial score (nSPS) is 22.7. The predicted molar refractivity (Wildman–Crippen MR) is 65.0 cm³/mol. The fraction of sp³-hybridized carbons (Fsp3) is 0.385. The number of nitrogens with one attached hydrogen (secondary N) is 1. The molecule has 4 nitrogen and oxygen atoms in total. The number of hydrogen-bond acceptors (Lipinski definition) is 4. The lowest BCUT2D eigenvalue weighted by atomic mass is 10.1. The molecule has 0 bridgehead atoms. The van der Waals surface area contributed by atoms with E-state index in [0.717, 1.165) is 12.1 Å². The van der Waals surface area contributed by atoms with Crippen LogP contribution in [-0.4, -0.2) is 22.9 Å². The van der Waals surface area contributed by atoms with E-state index in [0.29, 0.717) is 0 Å². The van der Waals surface area contributed by atoms with Crippen LogP contribution in [-0.2, 0) is 6.18 Å². The molecule has 0 spiro atoms. The highest BCUT2D eigenvalue weighted by Crippen LogP contribution is 2.32. The minimum atomic E-state index is -4.43. The lowest BCUT2D eigenvalue weighted by Gasteiger charge is -2.06. The van der Waals surface area contributed by atoms with Gasteiger partial charge < -0.3 is 9.84 Å². The summed E-state index contributed by atoms with van der Waals surface area (Å²) in [6.07, 6.45) is -5.21. The fourth-order valence-electron chi connectivity index (χ4n) is 2.21. The summed E-state index contributed by atoms with van der Waals surface area (Å²) in [5.41, 5.74) is -0.580. The van der Waals surface area contributed by atoms with E-state index < -0.39 is 24.0 Å². The number of benzene rings is 1. The second-order valence-corrected chi connectivity index (χ2v) is 4.83. The Balaban J connectivity index is 1.86. The SMILES string of the molecule is F[C@@H]1CN[C@@H](c2nc(-c3cccc(C(F)(F)F)c3)no2)C1. The second kappa shape index (κ2) is 5.10. The molecule has 0 radical (unpaired) electrons. The van der Waals surface area contributed by atoms with Gasteiger partial charge in [-0.15, -0.1) is 0 Å². The summed E-state index contributed by atoms with van der Waals surface area (Å²) in [6, 6.07) is 4.27. The molecule has 2 aromatic rings. The summed E-state index contributed by atoms with van der Waals surface area (Å²) >= 11 is 0. The molecule has 0 saturated carbocycles. The molecule has 0 aliphatic carbocycles. The van der Waals surface area contributed by atoms with Crippen LogP contribution in [0.1, 0.15) is 23.9 Å². The largest absolute Gasteiger partial charge is 0.416 e. The van der Waals surface area contributed by atoms with Gasteiger partial charge in [-0.1, -0.05) is 17.3 Å². The summed E-state index contributed by atoms with van der Waals surface area (Å²) in [5, 5.41) is 6.54. The van der Waals surface area contributed by atoms with Gasteiger partial charge in [0.05, 0.1) is 11.6 Å². The van der Waals surface area contributed by atoms with Gasteiger partial charge in [-0.05, 0) is 12.1 Å². The molecule has 3 rings (SSSR count). The van der Waals surface area contributed by atoms with Crippen molar-refractivity contribution in [2.75, 3.05) is 6.54 Å². The fourth-order valence-corrected chi connectivity index (χ4v) is 2.21. The third-order valence-electron chi connectivity index (χ3n) is 3.27. The first-order chi connectivity index (χ1) is 9.93. The van der Waals surface area contributed by atoms with Gasteiger partial charge >= 0.3 is 6.18 Å². The van der Waals surface area contributed by atoms with E-state index in [-0.39, 0.29) is 30.2 Å². The Bertz CT molecular complexity index is 640. The molecule has 1 fully saturated rings. The highest BCUT2D eigenvalue weighted by molar-refractivity contribution is 5.55. The summed E-state index contributed by atoms with van der Waals surface area (Å²) < 4.78 is 56.1. The number of alkyl halides is 4. The molecule has 2 atom stereocenters. The zero-order valence-electron chi connectivity index (χ0n) is 10.7. The van der Waals surface area contributed by atoms with E-state index >= 15 is 0 Å². The lowest BCUT2D eigenvalue weighted by Crippen LogP contribution is -2.14. The molecule has 1 aromatic heterocycles. The molecule has 0 unspecified atom stereocenters. The highest BCUT2D eigenvalue weighted by atomic mass is 19.4. The number of nitrogens with zero attached hydrogens (tertiary/aromatic N) is 2. The number of rotatable bonds is 2. The van der Waals surface area contributed by atoms with Crippen LogP contribution >= 0.6 is 0 Å². The van der Waals surface area contributed by atoms with Gasteiger partial charge in [0, 0.05) is 18.5 Å². The van der Waals surface area contributed by atoms with Crippen molar-refractivity contribution in [2.24, 2.45) is 0 Å². The number of aromatic nitrogens is 2. The average Bonchev–Trinajstić information content (AvgIpc) is 3.06. The molecule has 112 valence electrons. The maximum atomic E-state index is 13.1. The standard InChI is InChI=1S/C13H11F4N3O/c14-9-5-10(18-6-9)12-19-11(20-21-12)7-2-1-3-8(4-7)13(15,16)17/h1-4,9-10,18H,5-6H2/t9-,10+/m0/s1. The molecule has 21 heavy (non-hydrogen) atoms. The van der Waals surface area contributed by atoms with Crippen molar-refractivity contribution in [1.82, 2.24) is 15.5 Å². The van der Waals surface area contributed by atoms with Crippen LogP contribution in [0.2, 0.25) is 0 Å². The van der Waals surface area contributed by atoms with Gasteiger partial charge in [0.1, 0.15) is 6.17 Å². The van der Waals surface area contributed by atoms with Crippen molar-refractivity contribution in [3.05, 3.63) is 35.7 Å². The van der Waals surface area contributed by atoms with Crippen molar-refractivity contribution in [1.29, 1.82) is 0 Å². The van der Waals surface area contributed by atoms with Gasteiger partial charge in [-0.2, -0.15) is 18.2 Å². The van der Waals surface area contributed by atoms with Crippen molar-refractivity contribution >= 4 is 0 Å². The average molecular weight is 301 g/mol. The summed E-state index contributed by atoms with van der Waals surface area (Å²) in [6.45, 7) is 0.200. The van der Waals surface area contributed by atoms with Gasteiger partial charge in [-0.3, -0.25) is 0 Å². The van der Waals surface area contributed by atoms with Crippen LogP contribution in [0.4, 0.5) is 17.6 Å². The van der Waals surface area contributed by atoms with Crippen molar-refractivity contribution in [2.45, 2.75) is 24.8 Å². The Morgan fingerprint density at radius 3 is 2.76 bits per heavy atom. The maximum Gasteiger partial charge on any atom is 0.416 e. The maximum absolute atomic E-state index is 13.1. The first kappa shape index (κ1) is 14.0. The third-order valence-corrected chi connectivity index (χ3v) is 3.27. The van der Waals surface area contributed by atoms with E-state index in [2.05, 4.69) is 15.5 Å². The van der Waals surface area contributed by atoms with Gasteiger partial charge in [-0.25, -0.2) is 4.39 Å². The quantitative estimate of drug-likeness (QED) is 0.866. The predicted octanol–water partition coefficient (Wildman–Crippen LogP) is 3.13. The molecule has 1 saturated heterocycles. The Labute approximate surface area is 117 Å². The zero-order valence-corrected chi connectivity index (χ0v) is 10.7. The smallest absolute Gasteiger partial charge is 0.337 e. The van der Waals surface area contributed by atoms with E-state index in [9.17, 15) is 17.6 Å². The molecule has 1 aliphatic rings. The van der Waals surface area contributed by atoms with Gasteiger partial charge in [0.2, 0.25) is 11.7 Å². The lowest BCUT2D eigenvalue weighted by molar-refractivity contribution is -0.137. The highest BCUT2D eigenvalue weighted by Gasteiger charge is 2.32. The Morgan fingerprint density at radius 1 is 1.29 bits per heavy atom.